The third-order valence-corrected chi connectivity index (χ3v) is 25.3. The lowest BCUT2D eigenvalue weighted by Gasteiger charge is -2.36. The summed E-state index contributed by atoms with van der Waals surface area (Å²) in [7, 11) is -1.49. The predicted molar refractivity (Wildman–Crippen MR) is 485 cm³/mol. The van der Waals surface area contributed by atoms with Crippen LogP contribution in [0.4, 0.5) is 34.1 Å². The van der Waals surface area contributed by atoms with E-state index in [1.165, 1.54) is 126 Å². The Hall–Kier alpha value is -14.2. The second-order valence-electron chi connectivity index (χ2n) is 31.0. The minimum Gasteiger partial charge on any atom is -0.310 e. The van der Waals surface area contributed by atoms with E-state index in [0.717, 1.165) is 62.2 Å². The van der Waals surface area contributed by atoms with Crippen LogP contribution in [0.2, 0.25) is 19.6 Å². The summed E-state index contributed by atoms with van der Waals surface area (Å²) in [5, 5.41) is 13.9. The summed E-state index contributed by atoms with van der Waals surface area (Å²) >= 11 is 0. The number of nitrogens with one attached hydrogen (secondary N) is 1. The molecule has 21 rings (SSSR count). The van der Waals surface area contributed by atoms with Crippen LogP contribution in [0.25, 0.3) is 126 Å². The highest BCUT2D eigenvalue weighted by Crippen LogP contribution is 2.61. The van der Waals surface area contributed by atoms with Crippen LogP contribution in [-0.4, -0.2) is 13.1 Å². The molecule has 4 nitrogen and oxygen atoms in total. The second kappa shape index (κ2) is 28.9. The number of fused-ring (bicyclic) bond motifs is 10. The number of benzene rings is 19. The van der Waals surface area contributed by atoms with Gasteiger partial charge in [-0.2, -0.15) is 4.57 Å². The lowest BCUT2D eigenvalue weighted by molar-refractivity contribution is -0.554. The topological polar surface area (TPSA) is 26.1 Å². The third-order valence-electron chi connectivity index (χ3n) is 23.3. The molecular weight excluding hydrogens is 1390 g/mol. The molecule has 0 atom stereocenters. The van der Waals surface area contributed by atoms with Gasteiger partial charge in [0.15, 0.2) is 11.0 Å². The van der Waals surface area contributed by atoms with Gasteiger partial charge in [-0.1, -0.05) is 334 Å². The molecule has 540 valence electrons. The summed E-state index contributed by atoms with van der Waals surface area (Å²) in [6.07, 6.45) is 0. The van der Waals surface area contributed by atoms with Crippen LogP contribution in [0.5, 0.6) is 0 Å². The summed E-state index contributed by atoms with van der Waals surface area (Å²) in [6.45, 7) is 7.24. The number of aromatic nitrogens is 2. The van der Waals surface area contributed by atoms with Crippen molar-refractivity contribution in [3.8, 4) is 61.6 Å². The van der Waals surface area contributed by atoms with Crippen LogP contribution >= 0.6 is 0 Å². The number of nitrogens with zero attached hydrogens (tertiary/aromatic N) is 3. The minimum absolute atomic E-state index is 0.634. The standard InChI is InChI=1S/C56H46N2Si.C53H34N2/c1-59(2,3)48-36-33-46(34-37-48)57(43-25-13-6-14-26-43)47-35-38-51-52(39-47)56(41-21-9-4-10-22-41,42-23-11-5-12-24-42)53-40-54(49-31-19-20-32-50(49)55(51)53)58(44-27-15-7-16-28-44)45-29-17-8-18-30-45;1-2-16-44(17-3-1)55-50-21-11-10-20-49(50)54-53(55)38-26-22-37(23-27-38)41-30-31-47-48(34-41)52(43-29-25-36-13-5-7-15-40(36)33-43)46-19-9-8-18-45(46)51(47)42-28-24-35-12-4-6-14-39(35)32-42/h4-40H,1-3H3;1-34H/p+1. The van der Waals surface area contributed by atoms with Crippen molar-refractivity contribution in [3.05, 3.63) is 453 Å². The molecule has 0 saturated heterocycles. The van der Waals surface area contributed by atoms with Gasteiger partial charge in [0.2, 0.25) is 0 Å². The fourth-order valence-corrected chi connectivity index (χ4v) is 19.1. The molecule has 0 aliphatic heterocycles. The summed E-state index contributed by atoms with van der Waals surface area (Å²) in [5.41, 5.74) is 25.6. The van der Waals surface area contributed by atoms with Gasteiger partial charge in [-0.3, -0.25) is 0 Å². The number of rotatable bonds is 14. The molecule has 19 aromatic carbocycles. The third kappa shape index (κ3) is 12.1. The Morgan fingerprint density at radius 3 is 1.25 bits per heavy atom. The largest absolute Gasteiger partial charge is 0.310 e. The molecule has 20 aromatic rings. The van der Waals surface area contributed by atoms with Crippen LogP contribution in [0, 0.1) is 0 Å². The molecule has 0 bridgehead atoms. The van der Waals surface area contributed by atoms with E-state index in [1.807, 2.05) is 0 Å². The number of aromatic amines is 1. The Bertz CT molecular complexity index is 6900. The van der Waals surface area contributed by atoms with E-state index >= 15 is 0 Å². The molecule has 0 fully saturated rings. The second-order valence-corrected chi connectivity index (χ2v) is 36.0. The van der Waals surface area contributed by atoms with E-state index in [1.54, 1.807) is 0 Å². The van der Waals surface area contributed by atoms with E-state index in [9.17, 15) is 0 Å². The highest BCUT2D eigenvalue weighted by atomic mass is 28.3. The van der Waals surface area contributed by atoms with Gasteiger partial charge in [0.05, 0.1) is 24.7 Å². The summed E-state index contributed by atoms with van der Waals surface area (Å²) < 4.78 is 2.32. The molecule has 1 aliphatic rings. The van der Waals surface area contributed by atoms with E-state index in [2.05, 4.69) is 470 Å². The molecule has 1 aliphatic carbocycles. The average molecular weight is 1470 g/mol. The van der Waals surface area contributed by atoms with Gasteiger partial charge < -0.3 is 9.80 Å². The van der Waals surface area contributed by atoms with Gasteiger partial charge in [-0.25, -0.2) is 4.98 Å². The quantitative estimate of drug-likeness (QED) is 0.0667. The fourth-order valence-electron chi connectivity index (χ4n) is 18.0. The van der Waals surface area contributed by atoms with Crippen molar-refractivity contribution >= 4 is 112 Å². The number of anilines is 6. The molecule has 1 aromatic heterocycles. The minimum atomic E-state index is -1.49. The molecule has 0 spiro atoms. The first-order chi connectivity index (χ1) is 56.2. The molecule has 1 heterocycles. The van der Waals surface area contributed by atoms with Gasteiger partial charge in [-0.15, -0.1) is 0 Å². The van der Waals surface area contributed by atoms with Gasteiger partial charge in [0.1, 0.15) is 5.69 Å². The zero-order valence-electron chi connectivity index (χ0n) is 63.8. The van der Waals surface area contributed by atoms with Gasteiger partial charge in [0.25, 0.3) is 5.82 Å². The SMILES string of the molecule is C[Si](C)(C)c1ccc(N(c2ccccc2)c2ccc3c(c2)C(c2ccccc2)(c2ccccc2)c2cc(N(c4ccccc4)c4ccccc4)c4ccccc4c2-3)cc1.c1ccc(-[n+]2c(-c3ccc(-c4ccc5c(-c6ccc7ccccc7c6)c6ccccc6c(-c6ccc7ccccc7c6)c5c4)cc3)[nH]c3ccccc32)cc1. The zero-order valence-corrected chi connectivity index (χ0v) is 64.8. The van der Waals surface area contributed by atoms with Crippen LogP contribution in [0.15, 0.2) is 431 Å². The first-order valence-electron chi connectivity index (χ1n) is 39.5. The smallest absolute Gasteiger partial charge is 0.292 e. The zero-order chi connectivity index (χ0) is 76.3. The Balaban J connectivity index is 0.000000148. The van der Waals surface area contributed by atoms with Crippen molar-refractivity contribution in [2.24, 2.45) is 0 Å². The van der Waals surface area contributed by atoms with E-state index in [0.29, 0.717) is 0 Å². The summed E-state index contributed by atoms with van der Waals surface area (Å²) in [6, 6.07) is 158. The van der Waals surface area contributed by atoms with E-state index in [4.69, 9.17) is 0 Å². The Kier molecular flexibility index (Phi) is 17.5. The number of hydrogen-bond acceptors (Lipinski definition) is 2. The fraction of sp³-hybridized carbons (Fsp3) is 0.0367. The highest BCUT2D eigenvalue weighted by Gasteiger charge is 2.48. The lowest BCUT2D eigenvalue weighted by Crippen LogP contribution is -2.37. The molecule has 5 heteroatoms. The number of imidazole rings is 1. The van der Waals surface area contributed by atoms with Crippen LogP contribution in [0.3, 0.4) is 0 Å². The number of H-pyrrole nitrogens is 1. The normalized spacial score (nSPS) is 12.2. The predicted octanol–water partition coefficient (Wildman–Crippen LogP) is 28.4. The van der Waals surface area contributed by atoms with Gasteiger partial charge >= 0.3 is 0 Å². The van der Waals surface area contributed by atoms with Crippen LogP contribution in [-0.2, 0) is 5.41 Å². The molecule has 0 unspecified atom stereocenters. The number of para-hydroxylation sites is 6. The van der Waals surface area contributed by atoms with Crippen molar-refractivity contribution in [1.29, 1.82) is 0 Å². The molecule has 0 amide bonds. The van der Waals surface area contributed by atoms with Gasteiger partial charge in [-0.05, 0) is 237 Å². The maximum atomic E-state index is 3.71. The maximum Gasteiger partial charge on any atom is 0.292 e. The first kappa shape index (κ1) is 69.0. The van der Waals surface area contributed by atoms with Crippen molar-refractivity contribution in [2.45, 2.75) is 25.1 Å². The Labute approximate surface area is 666 Å². The first-order valence-corrected chi connectivity index (χ1v) is 43.0. The lowest BCUT2D eigenvalue weighted by atomic mass is 9.67. The Morgan fingerprint density at radius 2 is 0.693 bits per heavy atom. The average Bonchev–Trinajstić information content (AvgIpc) is 1.51. The van der Waals surface area contributed by atoms with Crippen molar-refractivity contribution < 1.29 is 4.57 Å². The molecule has 1 N–H and O–H groups in total. The summed E-state index contributed by atoms with van der Waals surface area (Å²) in [5.74, 6) is 1.06. The monoisotopic (exact) mass is 1470 g/mol. The summed E-state index contributed by atoms with van der Waals surface area (Å²) in [4.78, 5) is 8.57. The van der Waals surface area contributed by atoms with Crippen LogP contribution < -0.4 is 19.6 Å². The molecule has 114 heavy (non-hydrogen) atoms. The van der Waals surface area contributed by atoms with Crippen molar-refractivity contribution in [3.63, 3.8) is 0 Å². The highest BCUT2D eigenvalue weighted by molar-refractivity contribution is 6.88. The van der Waals surface area contributed by atoms with Gasteiger partial charge in [0, 0.05) is 33.8 Å². The van der Waals surface area contributed by atoms with Crippen LogP contribution in [0.1, 0.15) is 22.3 Å². The molecule has 0 radical (unpaired) electrons. The number of hydrogen-bond donors (Lipinski definition) is 1. The van der Waals surface area contributed by atoms with Crippen molar-refractivity contribution in [1.82, 2.24) is 4.98 Å². The van der Waals surface area contributed by atoms with Crippen molar-refractivity contribution in [2.75, 3.05) is 9.80 Å². The molecule has 0 saturated carbocycles. The van der Waals surface area contributed by atoms with E-state index in [-0.39, 0.29) is 0 Å². The Morgan fingerprint density at radius 1 is 0.272 bits per heavy atom. The molecular formula is C109H81N4Si+. The maximum absolute atomic E-state index is 3.71. The van der Waals surface area contributed by atoms with E-state index < -0.39 is 13.5 Å².